The molecule has 31 heavy (non-hydrogen) atoms. The van der Waals surface area contributed by atoms with E-state index >= 15 is 0 Å². The second kappa shape index (κ2) is 8.15. The third-order valence-electron chi connectivity index (χ3n) is 7.29. The van der Waals surface area contributed by atoms with Crippen LogP contribution in [0.2, 0.25) is 0 Å². The minimum atomic E-state index is 0.575. The minimum Gasteiger partial charge on any atom is -0.354 e. The van der Waals surface area contributed by atoms with Crippen molar-refractivity contribution in [3.8, 4) is 11.1 Å². The third-order valence-corrected chi connectivity index (χ3v) is 8.16. The zero-order chi connectivity index (χ0) is 20.8. The minimum absolute atomic E-state index is 0.575. The van der Waals surface area contributed by atoms with Crippen molar-refractivity contribution in [2.24, 2.45) is 0 Å². The molecule has 2 aromatic heterocycles. The Kier molecular flexibility index (Phi) is 5.17. The number of rotatable bonds is 5. The van der Waals surface area contributed by atoms with Crippen molar-refractivity contribution in [2.75, 3.05) is 50.7 Å². The molecule has 0 amide bonds. The first-order valence-electron chi connectivity index (χ1n) is 11.9. The molecule has 6 heteroatoms. The van der Waals surface area contributed by atoms with Crippen molar-refractivity contribution in [3.05, 3.63) is 41.5 Å². The lowest BCUT2D eigenvalue weighted by Gasteiger charge is -2.37. The molecule has 1 aromatic carbocycles. The predicted molar refractivity (Wildman–Crippen MR) is 129 cm³/mol. The van der Waals surface area contributed by atoms with Gasteiger partial charge in [-0.05, 0) is 31.4 Å². The van der Waals surface area contributed by atoms with Gasteiger partial charge in [0, 0.05) is 62.2 Å². The van der Waals surface area contributed by atoms with Gasteiger partial charge >= 0.3 is 0 Å². The molecular formula is C25H31N5S. The molecule has 0 N–H and O–H groups in total. The van der Waals surface area contributed by atoms with Crippen molar-refractivity contribution >= 4 is 27.4 Å². The van der Waals surface area contributed by atoms with Gasteiger partial charge in [0.25, 0.3) is 0 Å². The average Bonchev–Trinajstić information content (AvgIpc) is 3.40. The van der Waals surface area contributed by atoms with Gasteiger partial charge < -0.3 is 9.80 Å². The molecule has 3 aliphatic rings. The summed E-state index contributed by atoms with van der Waals surface area (Å²) >= 11 is 1.78. The molecule has 4 heterocycles. The molecule has 1 unspecified atom stereocenters. The predicted octanol–water partition coefficient (Wildman–Crippen LogP) is 4.45. The highest BCUT2D eigenvalue weighted by Gasteiger charge is 2.34. The Morgan fingerprint density at radius 3 is 2.52 bits per heavy atom. The smallest absolute Gasteiger partial charge is 0.141 e. The Morgan fingerprint density at radius 2 is 1.77 bits per heavy atom. The number of likely N-dealkylation sites (N-methyl/N-ethyl adjacent to an activating group) is 1. The second-order valence-electron chi connectivity index (χ2n) is 9.23. The van der Waals surface area contributed by atoms with E-state index < -0.39 is 0 Å². The first-order valence-corrected chi connectivity index (χ1v) is 12.7. The van der Waals surface area contributed by atoms with Crippen LogP contribution in [-0.4, -0.2) is 71.6 Å². The Bertz CT molecular complexity index is 1050. The van der Waals surface area contributed by atoms with E-state index in [0.717, 1.165) is 23.7 Å². The van der Waals surface area contributed by atoms with Crippen LogP contribution in [0, 0.1) is 0 Å². The number of nitrogens with zero attached hydrogens (tertiary/aromatic N) is 5. The molecule has 3 aromatic rings. The van der Waals surface area contributed by atoms with E-state index in [-0.39, 0.29) is 0 Å². The zero-order valence-corrected chi connectivity index (χ0v) is 19.2. The number of hydrogen-bond donors (Lipinski definition) is 0. The fourth-order valence-corrected chi connectivity index (χ4v) is 6.15. The Hall–Kier alpha value is -2.02. The normalized spacial score (nSPS) is 23.1. The molecule has 6 rings (SSSR count). The molecule has 2 saturated heterocycles. The standard InChI is InChI=1S/C25H31N5S/c1-2-28-12-14-29(15-13-28)20-10-11-30(16-20)24-22-21(18-6-4-3-5-7-18)17-31-25(22)27-23(26-24)19-8-9-19/h3-7,17,19-20H,2,8-16H2,1H3. The maximum absolute atomic E-state index is 5.20. The van der Waals surface area contributed by atoms with E-state index in [0.29, 0.717) is 12.0 Å². The van der Waals surface area contributed by atoms with Crippen molar-refractivity contribution in [1.82, 2.24) is 19.8 Å². The lowest BCUT2D eigenvalue weighted by atomic mass is 10.1. The van der Waals surface area contributed by atoms with E-state index in [9.17, 15) is 0 Å². The molecule has 0 bridgehead atoms. The molecular weight excluding hydrogens is 402 g/mol. The summed E-state index contributed by atoms with van der Waals surface area (Å²) in [5.74, 6) is 2.83. The summed E-state index contributed by atoms with van der Waals surface area (Å²) in [6, 6.07) is 11.4. The van der Waals surface area contributed by atoms with E-state index in [2.05, 4.69) is 57.3 Å². The first kappa shape index (κ1) is 19.6. The monoisotopic (exact) mass is 433 g/mol. The molecule has 162 valence electrons. The summed E-state index contributed by atoms with van der Waals surface area (Å²) in [6.07, 6.45) is 3.72. The van der Waals surface area contributed by atoms with Crippen LogP contribution in [-0.2, 0) is 0 Å². The average molecular weight is 434 g/mol. The van der Waals surface area contributed by atoms with Crippen molar-refractivity contribution < 1.29 is 0 Å². The fourth-order valence-electron chi connectivity index (χ4n) is 5.20. The lowest BCUT2D eigenvalue weighted by Crippen LogP contribution is -2.50. The van der Waals surface area contributed by atoms with Gasteiger partial charge in [-0.1, -0.05) is 37.3 Å². The van der Waals surface area contributed by atoms with Gasteiger partial charge in [0.05, 0.1) is 5.39 Å². The fraction of sp³-hybridized carbons (Fsp3) is 0.520. The summed E-state index contributed by atoms with van der Waals surface area (Å²) in [5.41, 5.74) is 2.56. The molecule has 0 spiro atoms. The lowest BCUT2D eigenvalue weighted by molar-refractivity contribution is 0.107. The van der Waals surface area contributed by atoms with Gasteiger partial charge in [-0.3, -0.25) is 4.90 Å². The first-order chi connectivity index (χ1) is 15.3. The van der Waals surface area contributed by atoms with Crippen LogP contribution < -0.4 is 4.90 Å². The van der Waals surface area contributed by atoms with Crippen molar-refractivity contribution in [3.63, 3.8) is 0 Å². The van der Waals surface area contributed by atoms with Crippen LogP contribution in [0.4, 0.5) is 5.82 Å². The number of hydrogen-bond acceptors (Lipinski definition) is 6. The summed E-state index contributed by atoms with van der Waals surface area (Å²) in [4.78, 5) is 19.2. The largest absolute Gasteiger partial charge is 0.354 e. The SMILES string of the molecule is CCN1CCN(C2CCN(c3nc(C4CC4)nc4scc(-c5ccccc5)c34)C2)CC1. The van der Waals surface area contributed by atoms with Crippen LogP contribution in [0.3, 0.4) is 0 Å². The van der Waals surface area contributed by atoms with Crippen LogP contribution in [0.1, 0.15) is 37.9 Å². The number of fused-ring (bicyclic) bond motifs is 1. The molecule has 1 atom stereocenters. The van der Waals surface area contributed by atoms with Crippen molar-refractivity contribution in [2.45, 2.75) is 38.1 Å². The van der Waals surface area contributed by atoms with Gasteiger partial charge in [0.1, 0.15) is 16.5 Å². The van der Waals surface area contributed by atoms with Crippen molar-refractivity contribution in [1.29, 1.82) is 0 Å². The zero-order valence-electron chi connectivity index (χ0n) is 18.3. The maximum Gasteiger partial charge on any atom is 0.141 e. The van der Waals surface area contributed by atoms with Gasteiger partial charge in [0.15, 0.2) is 0 Å². The van der Waals surface area contributed by atoms with Gasteiger partial charge in [0.2, 0.25) is 0 Å². The van der Waals surface area contributed by atoms with Gasteiger partial charge in [-0.25, -0.2) is 9.97 Å². The highest BCUT2D eigenvalue weighted by Crippen LogP contribution is 2.44. The molecule has 0 radical (unpaired) electrons. The third kappa shape index (κ3) is 3.75. The van der Waals surface area contributed by atoms with E-state index in [1.165, 1.54) is 74.3 Å². The Morgan fingerprint density at radius 1 is 0.968 bits per heavy atom. The Balaban J connectivity index is 1.33. The molecule has 3 fully saturated rings. The summed E-state index contributed by atoms with van der Waals surface area (Å²) < 4.78 is 0. The quantitative estimate of drug-likeness (QED) is 0.594. The van der Waals surface area contributed by atoms with Crippen LogP contribution >= 0.6 is 11.3 Å². The number of aromatic nitrogens is 2. The summed E-state index contributed by atoms with van der Waals surface area (Å²) in [6.45, 7) is 10.5. The van der Waals surface area contributed by atoms with Crippen LogP contribution in [0.15, 0.2) is 35.7 Å². The number of piperazine rings is 1. The summed E-state index contributed by atoms with van der Waals surface area (Å²) in [7, 11) is 0. The maximum atomic E-state index is 5.20. The van der Waals surface area contributed by atoms with E-state index in [1.807, 2.05) is 0 Å². The second-order valence-corrected chi connectivity index (χ2v) is 10.1. The number of anilines is 1. The highest BCUT2D eigenvalue weighted by molar-refractivity contribution is 7.17. The molecule has 1 aliphatic carbocycles. The van der Waals surface area contributed by atoms with Gasteiger partial charge in [-0.15, -0.1) is 11.3 Å². The molecule has 1 saturated carbocycles. The topological polar surface area (TPSA) is 35.5 Å². The summed E-state index contributed by atoms with van der Waals surface area (Å²) in [5, 5.41) is 3.55. The number of benzene rings is 1. The molecule has 5 nitrogen and oxygen atoms in total. The van der Waals surface area contributed by atoms with Crippen LogP contribution in [0.5, 0.6) is 0 Å². The van der Waals surface area contributed by atoms with Crippen LogP contribution in [0.25, 0.3) is 21.3 Å². The van der Waals surface area contributed by atoms with E-state index in [1.54, 1.807) is 11.3 Å². The van der Waals surface area contributed by atoms with Gasteiger partial charge in [-0.2, -0.15) is 0 Å². The highest BCUT2D eigenvalue weighted by atomic mass is 32.1. The van der Waals surface area contributed by atoms with E-state index in [4.69, 9.17) is 9.97 Å². The molecule has 2 aliphatic heterocycles. The Labute approximate surface area is 188 Å². The number of thiophene rings is 1.